The molecule has 1 N–H and O–H groups in total. The number of benzene rings is 2. The molecule has 3 nitrogen and oxygen atoms in total. The Bertz CT molecular complexity index is 720. The molecule has 0 aliphatic rings. The first kappa shape index (κ1) is 19.1. The molecule has 0 saturated carbocycles. The van der Waals surface area contributed by atoms with Gasteiger partial charge < -0.3 is 10.2 Å². The van der Waals surface area contributed by atoms with Gasteiger partial charge in [0.25, 0.3) is 0 Å². The molecule has 0 atom stereocenters. The molecule has 0 heterocycles. The van der Waals surface area contributed by atoms with Crippen LogP contribution in [0.3, 0.4) is 0 Å². The summed E-state index contributed by atoms with van der Waals surface area (Å²) in [5.41, 5.74) is 0.157. The van der Waals surface area contributed by atoms with Crippen LogP contribution in [0, 0.1) is 0 Å². The average molecular weight is 371 g/mol. The van der Waals surface area contributed by atoms with Crippen LogP contribution in [0.1, 0.15) is 18.9 Å². The second-order valence-electron chi connectivity index (χ2n) is 5.34. The van der Waals surface area contributed by atoms with Crippen molar-refractivity contribution in [3.05, 3.63) is 59.1 Å². The van der Waals surface area contributed by atoms with Gasteiger partial charge in [-0.3, -0.25) is 4.79 Å². The first-order chi connectivity index (χ1) is 11.8. The number of rotatable bonds is 6. The molecule has 0 aliphatic heterocycles. The Morgan fingerprint density at radius 2 is 1.84 bits per heavy atom. The molecular formula is C18H18ClF3N2O. The maximum absolute atomic E-state index is 12.8. The van der Waals surface area contributed by atoms with Crippen molar-refractivity contribution in [1.82, 2.24) is 0 Å². The summed E-state index contributed by atoms with van der Waals surface area (Å²) in [6.45, 7) is 2.55. The van der Waals surface area contributed by atoms with Crippen molar-refractivity contribution in [2.45, 2.75) is 19.5 Å². The number of alkyl halides is 3. The van der Waals surface area contributed by atoms with E-state index in [2.05, 4.69) is 5.32 Å². The van der Waals surface area contributed by atoms with Crippen molar-refractivity contribution in [2.75, 3.05) is 23.3 Å². The molecule has 25 heavy (non-hydrogen) atoms. The van der Waals surface area contributed by atoms with Crippen molar-refractivity contribution in [3.8, 4) is 0 Å². The third-order valence-electron chi connectivity index (χ3n) is 3.63. The number of halogens is 4. The highest BCUT2D eigenvalue weighted by Crippen LogP contribution is 2.33. The number of hydrogen-bond donors (Lipinski definition) is 1. The minimum absolute atomic E-state index is 0.121. The Balaban J connectivity index is 1.99. The fraction of sp³-hybridized carbons (Fsp3) is 0.278. The van der Waals surface area contributed by atoms with Crippen LogP contribution in [0.25, 0.3) is 0 Å². The zero-order valence-electron chi connectivity index (χ0n) is 13.6. The number of hydrogen-bond acceptors (Lipinski definition) is 2. The Labute approximate surface area is 149 Å². The summed E-state index contributed by atoms with van der Waals surface area (Å²) in [5, 5.41) is 2.98. The summed E-state index contributed by atoms with van der Waals surface area (Å²) >= 11 is 5.92. The van der Waals surface area contributed by atoms with E-state index in [1.807, 2.05) is 37.3 Å². The molecule has 134 valence electrons. The fourth-order valence-electron chi connectivity index (χ4n) is 2.39. The van der Waals surface area contributed by atoms with Crippen LogP contribution in [0.5, 0.6) is 0 Å². The number of nitrogens with zero attached hydrogens (tertiary/aromatic N) is 1. The summed E-state index contributed by atoms with van der Waals surface area (Å²) in [4.78, 5) is 14.0. The van der Waals surface area contributed by atoms with Gasteiger partial charge in [-0.15, -0.1) is 0 Å². The zero-order valence-corrected chi connectivity index (χ0v) is 14.4. The van der Waals surface area contributed by atoms with Gasteiger partial charge in [-0.05, 0) is 37.3 Å². The number of para-hydroxylation sites is 1. The standard InChI is InChI=1S/C18H18ClF3N2O/c1-2-24(14-6-4-3-5-7-14)17(25)10-11-23-16-12-13(18(20,21)22)8-9-15(16)19/h3-9,12,23H,2,10-11H2,1H3. The smallest absolute Gasteiger partial charge is 0.383 e. The van der Waals surface area contributed by atoms with Crippen LogP contribution < -0.4 is 10.2 Å². The molecule has 0 radical (unpaired) electrons. The Morgan fingerprint density at radius 3 is 2.44 bits per heavy atom. The van der Waals surface area contributed by atoms with Crippen LogP contribution in [0.4, 0.5) is 24.5 Å². The van der Waals surface area contributed by atoms with E-state index in [1.165, 1.54) is 6.07 Å². The van der Waals surface area contributed by atoms with Gasteiger partial charge >= 0.3 is 6.18 Å². The molecule has 0 spiro atoms. The van der Waals surface area contributed by atoms with Crippen LogP contribution in [-0.2, 0) is 11.0 Å². The quantitative estimate of drug-likeness (QED) is 0.756. The maximum atomic E-state index is 12.8. The highest BCUT2D eigenvalue weighted by molar-refractivity contribution is 6.33. The summed E-state index contributed by atoms with van der Waals surface area (Å²) in [5.74, 6) is -0.121. The zero-order chi connectivity index (χ0) is 18.4. The van der Waals surface area contributed by atoms with E-state index in [0.29, 0.717) is 6.54 Å². The van der Waals surface area contributed by atoms with E-state index in [9.17, 15) is 18.0 Å². The second-order valence-corrected chi connectivity index (χ2v) is 5.75. The van der Waals surface area contributed by atoms with Gasteiger partial charge in [-0.1, -0.05) is 29.8 Å². The van der Waals surface area contributed by atoms with Gasteiger partial charge in [-0.25, -0.2) is 0 Å². The van der Waals surface area contributed by atoms with Crippen molar-refractivity contribution in [2.24, 2.45) is 0 Å². The molecule has 0 saturated heterocycles. The number of nitrogens with one attached hydrogen (secondary N) is 1. The molecule has 7 heteroatoms. The van der Waals surface area contributed by atoms with Crippen molar-refractivity contribution >= 4 is 28.9 Å². The van der Waals surface area contributed by atoms with E-state index in [4.69, 9.17) is 11.6 Å². The van der Waals surface area contributed by atoms with Crippen molar-refractivity contribution < 1.29 is 18.0 Å². The topological polar surface area (TPSA) is 32.3 Å². The monoisotopic (exact) mass is 370 g/mol. The first-order valence-electron chi connectivity index (χ1n) is 7.79. The predicted molar refractivity (Wildman–Crippen MR) is 94.0 cm³/mol. The fourth-order valence-corrected chi connectivity index (χ4v) is 2.57. The minimum atomic E-state index is -4.44. The highest BCUT2D eigenvalue weighted by Gasteiger charge is 2.30. The van der Waals surface area contributed by atoms with Gasteiger partial charge in [0.05, 0.1) is 16.3 Å². The van der Waals surface area contributed by atoms with Crippen molar-refractivity contribution in [3.63, 3.8) is 0 Å². The van der Waals surface area contributed by atoms with Crippen LogP contribution in [-0.4, -0.2) is 19.0 Å². The summed E-state index contributed by atoms with van der Waals surface area (Å²) in [6, 6.07) is 12.3. The van der Waals surface area contributed by atoms with E-state index >= 15 is 0 Å². The van der Waals surface area contributed by atoms with Gasteiger partial charge in [-0.2, -0.15) is 13.2 Å². The summed E-state index contributed by atoms with van der Waals surface area (Å²) < 4.78 is 38.3. The second kappa shape index (κ2) is 8.25. The molecule has 2 aromatic carbocycles. The molecule has 2 rings (SSSR count). The van der Waals surface area contributed by atoms with E-state index in [0.717, 1.165) is 17.8 Å². The van der Waals surface area contributed by atoms with Gasteiger partial charge in [0.15, 0.2) is 0 Å². The van der Waals surface area contributed by atoms with Gasteiger partial charge in [0, 0.05) is 25.2 Å². The third kappa shape index (κ3) is 5.13. The molecular weight excluding hydrogens is 353 g/mol. The van der Waals surface area contributed by atoms with Gasteiger partial charge in [0.2, 0.25) is 5.91 Å². The molecule has 0 aromatic heterocycles. The molecule has 1 amide bonds. The Kier molecular flexibility index (Phi) is 6.31. The minimum Gasteiger partial charge on any atom is -0.383 e. The first-order valence-corrected chi connectivity index (χ1v) is 8.16. The third-order valence-corrected chi connectivity index (χ3v) is 3.96. The number of amides is 1. The average Bonchev–Trinajstić information content (AvgIpc) is 2.57. The van der Waals surface area contributed by atoms with E-state index in [-0.39, 0.29) is 29.6 Å². The summed E-state index contributed by atoms with van der Waals surface area (Å²) in [7, 11) is 0. The lowest BCUT2D eigenvalue weighted by atomic mass is 10.2. The van der Waals surface area contributed by atoms with E-state index < -0.39 is 11.7 Å². The summed E-state index contributed by atoms with van der Waals surface area (Å²) in [6.07, 6.45) is -4.31. The SMILES string of the molecule is CCN(C(=O)CCNc1cc(C(F)(F)F)ccc1Cl)c1ccccc1. The Hall–Kier alpha value is -2.21. The molecule has 2 aromatic rings. The molecule has 0 aliphatic carbocycles. The maximum Gasteiger partial charge on any atom is 0.416 e. The molecule has 0 fully saturated rings. The predicted octanol–water partition coefficient (Wildman–Crippen LogP) is 5.21. The van der Waals surface area contributed by atoms with Crippen molar-refractivity contribution in [1.29, 1.82) is 0 Å². The molecule has 0 bridgehead atoms. The van der Waals surface area contributed by atoms with E-state index in [1.54, 1.807) is 4.90 Å². The normalized spacial score (nSPS) is 11.2. The number of carbonyl (C=O) groups excluding carboxylic acids is 1. The molecule has 0 unspecified atom stereocenters. The van der Waals surface area contributed by atoms with Crippen LogP contribution >= 0.6 is 11.6 Å². The van der Waals surface area contributed by atoms with Crippen LogP contribution in [0.2, 0.25) is 5.02 Å². The Morgan fingerprint density at radius 1 is 1.16 bits per heavy atom. The lowest BCUT2D eigenvalue weighted by Crippen LogP contribution is -2.31. The largest absolute Gasteiger partial charge is 0.416 e. The number of carbonyl (C=O) groups is 1. The highest BCUT2D eigenvalue weighted by atomic mass is 35.5. The number of anilines is 2. The lowest BCUT2D eigenvalue weighted by molar-refractivity contribution is -0.137. The van der Waals surface area contributed by atoms with Crippen LogP contribution in [0.15, 0.2) is 48.5 Å². The van der Waals surface area contributed by atoms with Gasteiger partial charge in [0.1, 0.15) is 0 Å². The lowest BCUT2D eigenvalue weighted by Gasteiger charge is -2.21.